The van der Waals surface area contributed by atoms with Gasteiger partial charge in [0.05, 0.1) is 26.4 Å². The van der Waals surface area contributed by atoms with Gasteiger partial charge in [-0.3, -0.25) is 37.3 Å². The average molecular weight is 1520 g/mol. The highest BCUT2D eigenvalue weighted by Crippen LogP contribution is 2.45. The Morgan fingerprint density at radius 2 is 0.490 bits per heavy atom. The molecule has 0 aliphatic rings. The van der Waals surface area contributed by atoms with E-state index >= 15 is 0 Å². The summed E-state index contributed by atoms with van der Waals surface area (Å²) in [5.74, 6) is -0.552. The molecule has 6 atom stereocenters. The summed E-state index contributed by atoms with van der Waals surface area (Å²) in [4.78, 5) is 73.2. The third-order valence-electron chi connectivity index (χ3n) is 20.3. The number of aliphatic hydroxyl groups excluding tert-OH is 1. The Balaban J connectivity index is 5.23. The second-order valence-electron chi connectivity index (χ2n) is 31.3. The highest BCUT2D eigenvalue weighted by molar-refractivity contribution is 7.47. The maximum absolute atomic E-state index is 13.1. The van der Waals surface area contributed by atoms with E-state index in [-0.39, 0.29) is 25.7 Å². The van der Waals surface area contributed by atoms with Crippen LogP contribution in [0.1, 0.15) is 452 Å². The van der Waals surface area contributed by atoms with Gasteiger partial charge in [-0.25, -0.2) is 9.13 Å². The molecule has 0 fully saturated rings. The Morgan fingerprint density at radius 3 is 0.731 bits per heavy atom. The minimum Gasteiger partial charge on any atom is -0.462 e. The SMILES string of the molecule is CCCCCCCCCCCCCCCCCCCC(=O)OC[C@H](COP(=O)(O)OC[C@@H](O)COP(=O)(O)OC[C@@H](COC(=O)CCCCCCCCC(C)CC)OC(=O)CCCCCCCCCCCCCCCCCC)OC(=O)CCCCCCCCCCCCCCCCCCCCC(C)C. The Hall–Kier alpha value is -1.94. The fourth-order valence-corrected chi connectivity index (χ4v) is 14.8. The van der Waals surface area contributed by atoms with Crippen LogP contribution in [0.4, 0.5) is 0 Å². The number of carbonyl (C=O) groups is 4. The molecule has 618 valence electrons. The number of unbranched alkanes of at least 4 members (excludes halogenated alkanes) is 53. The normalized spacial score (nSPS) is 14.1. The van der Waals surface area contributed by atoms with E-state index in [0.717, 1.165) is 108 Å². The highest BCUT2D eigenvalue weighted by Gasteiger charge is 2.30. The number of esters is 4. The second-order valence-corrected chi connectivity index (χ2v) is 34.2. The topological polar surface area (TPSA) is 237 Å². The average Bonchev–Trinajstić information content (AvgIpc) is 1.01. The van der Waals surface area contributed by atoms with E-state index in [1.165, 1.54) is 263 Å². The molecule has 0 aromatic carbocycles. The van der Waals surface area contributed by atoms with E-state index in [1.54, 1.807) is 0 Å². The molecule has 0 bridgehead atoms. The van der Waals surface area contributed by atoms with Crippen molar-refractivity contribution in [1.29, 1.82) is 0 Å². The predicted molar refractivity (Wildman–Crippen MR) is 428 cm³/mol. The van der Waals surface area contributed by atoms with Crippen LogP contribution in [0.15, 0.2) is 0 Å². The van der Waals surface area contributed by atoms with Crippen molar-refractivity contribution in [3.63, 3.8) is 0 Å². The van der Waals surface area contributed by atoms with Gasteiger partial charge < -0.3 is 33.8 Å². The Kier molecular flexibility index (Phi) is 75.0. The van der Waals surface area contributed by atoms with Gasteiger partial charge >= 0.3 is 39.5 Å². The molecule has 3 unspecified atom stereocenters. The summed E-state index contributed by atoms with van der Waals surface area (Å²) in [6.45, 7) is 9.67. The van der Waals surface area contributed by atoms with Crippen molar-refractivity contribution < 1.29 is 80.2 Å². The van der Waals surface area contributed by atoms with E-state index in [4.69, 9.17) is 37.0 Å². The Labute approximate surface area is 638 Å². The van der Waals surface area contributed by atoms with Gasteiger partial charge in [-0.1, -0.05) is 401 Å². The van der Waals surface area contributed by atoms with Gasteiger partial charge in [0.25, 0.3) is 0 Å². The summed E-state index contributed by atoms with van der Waals surface area (Å²) < 4.78 is 68.9. The molecule has 0 radical (unpaired) electrons. The van der Waals surface area contributed by atoms with E-state index in [1.807, 2.05) is 0 Å². The van der Waals surface area contributed by atoms with Gasteiger partial charge in [0, 0.05) is 25.7 Å². The molecule has 0 aromatic heterocycles. The lowest BCUT2D eigenvalue weighted by molar-refractivity contribution is -0.161. The van der Waals surface area contributed by atoms with Gasteiger partial charge in [0.15, 0.2) is 12.2 Å². The second kappa shape index (κ2) is 76.4. The van der Waals surface area contributed by atoms with Gasteiger partial charge in [0.1, 0.15) is 19.3 Å². The van der Waals surface area contributed by atoms with Crippen LogP contribution in [-0.2, 0) is 65.4 Å². The molecule has 0 aromatic rings. The first-order valence-corrected chi connectivity index (χ1v) is 47.0. The number of carbonyl (C=O) groups excluding carboxylic acids is 4. The summed E-state index contributed by atoms with van der Waals surface area (Å²) in [5, 5.41) is 10.7. The molecule has 0 heterocycles. The molecule has 0 amide bonds. The quantitative estimate of drug-likeness (QED) is 0.0222. The first-order valence-electron chi connectivity index (χ1n) is 44.0. The van der Waals surface area contributed by atoms with E-state index in [9.17, 15) is 43.2 Å². The van der Waals surface area contributed by atoms with Crippen LogP contribution in [0, 0.1) is 11.8 Å². The maximum atomic E-state index is 13.1. The first-order chi connectivity index (χ1) is 50.4. The highest BCUT2D eigenvalue weighted by atomic mass is 31.2. The molecular formula is C85H166O17P2. The van der Waals surface area contributed by atoms with E-state index in [0.29, 0.717) is 25.7 Å². The number of hydrogen-bond acceptors (Lipinski definition) is 15. The number of aliphatic hydroxyl groups is 1. The van der Waals surface area contributed by atoms with Crippen LogP contribution >= 0.6 is 15.6 Å². The molecule has 0 aliphatic heterocycles. The lowest BCUT2D eigenvalue weighted by Gasteiger charge is -2.21. The van der Waals surface area contributed by atoms with Crippen molar-refractivity contribution >= 4 is 39.5 Å². The van der Waals surface area contributed by atoms with Crippen molar-refractivity contribution in [1.82, 2.24) is 0 Å². The van der Waals surface area contributed by atoms with E-state index < -0.39 is 97.5 Å². The minimum atomic E-state index is -4.97. The number of hydrogen-bond donors (Lipinski definition) is 3. The summed E-state index contributed by atoms with van der Waals surface area (Å²) in [6, 6.07) is 0. The monoisotopic (exact) mass is 1520 g/mol. The smallest absolute Gasteiger partial charge is 0.462 e. The number of ether oxygens (including phenoxy) is 4. The van der Waals surface area contributed by atoms with Crippen LogP contribution < -0.4 is 0 Å². The third-order valence-corrected chi connectivity index (χ3v) is 22.2. The molecular weight excluding hydrogens is 1350 g/mol. The molecule has 0 aliphatic carbocycles. The standard InChI is InChI=1S/C85H166O17P2/c1-7-10-12-14-16-18-20-22-24-28-33-36-40-44-48-55-61-67-82(87)95-73-80(101-84(89)69-64-58-50-46-42-38-34-30-27-26-29-31-35-39-43-47-53-59-65-77(4)5)75-99-103(91,92)97-71-79(86)72-98-104(93,94)100-76-81(74-96-83(88)68-62-56-52-51-54-60-66-78(6)9-3)102-85(90)70-63-57-49-45-41-37-32-25-23-21-19-17-15-13-11-8-2/h77-81,86H,7-76H2,1-6H3,(H,91,92)(H,93,94)/t78?,79-,80-,81-/m1/s1. The molecule has 0 saturated carbocycles. The molecule has 0 spiro atoms. The summed E-state index contributed by atoms with van der Waals surface area (Å²) in [5.41, 5.74) is 0. The van der Waals surface area contributed by atoms with Crippen molar-refractivity contribution in [2.24, 2.45) is 11.8 Å². The zero-order valence-corrected chi connectivity index (χ0v) is 70.1. The Morgan fingerprint density at radius 1 is 0.279 bits per heavy atom. The van der Waals surface area contributed by atoms with Crippen molar-refractivity contribution in [2.45, 2.75) is 471 Å². The zero-order chi connectivity index (χ0) is 76.4. The van der Waals surface area contributed by atoms with Gasteiger partial charge in [-0.15, -0.1) is 0 Å². The van der Waals surface area contributed by atoms with E-state index in [2.05, 4.69) is 41.5 Å². The predicted octanol–water partition coefficient (Wildman–Crippen LogP) is 25.8. The van der Waals surface area contributed by atoms with Gasteiger partial charge in [0.2, 0.25) is 0 Å². The van der Waals surface area contributed by atoms with Crippen LogP contribution in [0.3, 0.4) is 0 Å². The molecule has 3 N–H and O–H groups in total. The first kappa shape index (κ1) is 102. The van der Waals surface area contributed by atoms with Crippen LogP contribution in [0.5, 0.6) is 0 Å². The molecule has 19 heteroatoms. The largest absolute Gasteiger partial charge is 0.472 e. The fraction of sp³-hybridized carbons (Fsp3) is 0.953. The summed E-state index contributed by atoms with van der Waals surface area (Å²) >= 11 is 0. The Bertz CT molecular complexity index is 2000. The van der Waals surface area contributed by atoms with Gasteiger partial charge in [-0.05, 0) is 37.5 Å². The molecule has 17 nitrogen and oxygen atoms in total. The molecule has 0 saturated heterocycles. The zero-order valence-electron chi connectivity index (χ0n) is 68.3. The molecule has 0 rings (SSSR count). The minimum absolute atomic E-state index is 0.108. The van der Waals surface area contributed by atoms with Crippen LogP contribution in [-0.4, -0.2) is 96.7 Å². The lowest BCUT2D eigenvalue weighted by Crippen LogP contribution is -2.30. The molecule has 104 heavy (non-hydrogen) atoms. The van der Waals surface area contributed by atoms with Crippen LogP contribution in [0.25, 0.3) is 0 Å². The van der Waals surface area contributed by atoms with Crippen molar-refractivity contribution in [3.8, 4) is 0 Å². The third kappa shape index (κ3) is 76.8. The fourth-order valence-electron chi connectivity index (χ4n) is 13.2. The van der Waals surface area contributed by atoms with Gasteiger partial charge in [-0.2, -0.15) is 0 Å². The number of phosphoric ester groups is 2. The number of phosphoric acid groups is 2. The lowest BCUT2D eigenvalue weighted by atomic mass is 10.00. The van der Waals surface area contributed by atoms with Crippen molar-refractivity contribution in [2.75, 3.05) is 39.6 Å². The maximum Gasteiger partial charge on any atom is 0.472 e. The number of rotatable bonds is 84. The summed E-state index contributed by atoms with van der Waals surface area (Å²) in [7, 11) is -9.93. The van der Waals surface area contributed by atoms with Crippen molar-refractivity contribution in [3.05, 3.63) is 0 Å². The van der Waals surface area contributed by atoms with Crippen LogP contribution in [0.2, 0.25) is 0 Å². The summed E-state index contributed by atoms with van der Waals surface area (Å²) in [6.07, 6.45) is 68.1.